The van der Waals surface area contributed by atoms with Gasteiger partial charge in [0.25, 0.3) is 0 Å². The predicted molar refractivity (Wildman–Crippen MR) is 134 cm³/mol. The summed E-state index contributed by atoms with van der Waals surface area (Å²) < 4.78 is 24.7. The van der Waals surface area contributed by atoms with Crippen LogP contribution in [0.15, 0.2) is 95.9 Å². The minimum atomic E-state index is -0.824. The molecule has 1 N–H and O–H groups in total. The lowest BCUT2D eigenvalue weighted by Crippen LogP contribution is -2.60. The number of ether oxygens (including phenoxy) is 4. The number of carbonyl (C=O) groups is 1. The van der Waals surface area contributed by atoms with Gasteiger partial charge in [-0.3, -0.25) is 4.79 Å². The fraction of sp³-hybridized carbons (Fsp3) is 0.321. The number of hydrogen-bond acceptors (Lipinski definition) is 7. The normalized spacial score (nSPS) is 24.1. The van der Waals surface area contributed by atoms with Crippen molar-refractivity contribution in [1.82, 2.24) is 0 Å². The van der Waals surface area contributed by atoms with E-state index >= 15 is 0 Å². The van der Waals surface area contributed by atoms with E-state index in [0.29, 0.717) is 13.2 Å². The number of esters is 1. The molecular formula is C28H30O6S. The maximum atomic E-state index is 12.0. The van der Waals surface area contributed by atoms with Crippen LogP contribution in [0.4, 0.5) is 0 Å². The van der Waals surface area contributed by atoms with Crippen LogP contribution in [0.25, 0.3) is 0 Å². The smallest absolute Gasteiger partial charge is 0.303 e. The first-order chi connectivity index (χ1) is 17.1. The van der Waals surface area contributed by atoms with Crippen LogP contribution in [-0.4, -0.2) is 47.5 Å². The van der Waals surface area contributed by atoms with Gasteiger partial charge in [0.05, 0.1) is 19.8 Å². The van der Waals surface area contributed by atoms with Crippen molar-refractivity contribution in [3.63, 3.8) is 0 Å². The third-order valence-electron chi connectivity index (χ3n) is 5.64. The highest BCUT2D eigenvalue weighted by atomic mass is 32.2. The molecule has 0 saturated carbocycles. The topological polar surface area (TPSA) is 74.2 Å². The summed E-state index contributed by atoms with van der Waals surface area (Å²) in [7, 11) is 0. The molecule has 7 heteroatoms. The molecule has 0 aliphatic carbocycles. The molecule has 0 unspecified atom stereocenters. The Morgan fingerprint density at radius 1 is 0.800 bits per heavy atom. The van der Waals surface area contributed by atoms with Crippen LogP contribution in [-0.2, 0) is 37.0 Å². The molecule has 0 aromatic heterocycles. The molecule has 184 valence electrons. The molecule has 35 heavy (non-hydrogen) atoms. The van der Waals surface area contributed by atoms with Crippen LogP contribution >= 0.6 is 11.8 Å². The molecule has 4 rings (SSSR count). The van der Waals surface area contributed by atoms with Crippen molar-refractivity contribution >= 4 is 17.7 Å². The Morgan fingerprint density at radius 2 is 1.31 bits per heavy atom. The van der Waals surface area contributed by atoms with Gasteiger partial charge in [-0.25, -0.2) is 0 Å². The fourth-order valence-corrected chi connectivity index (χ4v) is 5.13. The highest BCUT2D eigenvalue weighted by Crippen LogP contribution is 2.37. The first-order valence-electron chi connectivity index (χ1n) is 11.6. The highest BCUT2D eigenvalue weighted by Gasteiger charge is 2.49. The largest absolute Gasteiger partial charge is 0.457 e. The molecule has 1 heterocycles. The van der Waals surface area contributed by atoms with Gasteiger partial charge in [-0.2, -0.15) is 0 Å². The van der Waals surface area contributed by atoms with E-state index in [0.717, 1.165) is 16.0 Å². The average molecular weight is 495 g/mol. The molecule has 3 aromatic rings. The summed E-state index contributed by atoms with van der Waals surface area (Å²) >= 11 is 1.49. The molecule has 1 fully saturated rings. The van der Waals surface area contributed by atoms with Crippen molar-refractivity contribution in [3.05, 3.63) is 102 Å². The summed E-state index contributed by atoms with van der Waals surface area (Å²) in [5, 5.41) is 10.1. The molecule has 1 aliphatic heterocycles. The maximum absolute atomic E-state index is 12.0. The Hall–Kier alpha value is -2.68. The minimum absolute atomic E-state index is 0.301. The van der Waals surface area contributed by atoms with E-state index in [1.807, 2.05) is 91.0 Å². The second-order valence-corrected chi connectivity index (χ2v) is 9.42. The van der Waals surface area contributed by atoms with Gasteiger partial charge in [0, 0.05) is 11.8 Å². The van der Waals surface area contributed by atoms with E-state index in [2.05, 4.69) is 0 Å². The van der Waals surface area contributed by atoms with Crippen molar-refractivity contribution in [2.45, 2.75) is 54.9 Å². The predicted octanol–water partition coefficient (Wildman–Crippen LogP) is 4.60. The zero-order chi connectivity index (χ0) is 24.5. The zero-order valence-electron chi connectivity index (χ0n) is 19.6. The summed E-state index contributed by atoms with van der Waals surface area (Å²) in [6, 6.07) is 29.5. The van der Waals surface area contributed by atoms with Gasteiger partial charge in [0.1, 0.15) is 23.7 Å². The number of aliphatic hydroxyl groups excluding tert-OH is 1. The van der Waals surface area contributed by atoms with Crippen molar-refractivity contribution in [2.24, 2.45) is 0 Å². The van der Waals surface area contributed by atoms with Gasteiger partial charge in [0.15, 0.2) is 6.10 Å². The van der Waals surface area contributed by atoms with Gasteiger partial charge in [0.2, 0.25) is 0 Å². The number of benzene rings is 3. The summed E-state index contributed by atoms with van der Waals surface area (Å²) in [5.74, 6) is -0.471. The van der Waals surface area contributed by atoms with Crippen molar-refractivity contribution < 1.29 is 28.8 Å². The van der Waals surface area contributed by atoms with Crippen molar-refractivity contribution in [3.8, 4) is 0 Å². The lowest BCUT2D eigenvalue weighted by atomic mass is 9.99. The third-order valence-corrected chi connectivity index (χ3v) is 6.80. The second-order valence-electron chi connectivity index (χ2n) is 8.25. The number of carbonyl (C=O) groups excluding carboxylic acids is 1. The number of rotatable bonds is 10. The van der Waals surface area contributed by atoms with Crippen LogP contribution in [0, 0.1) is 0 Å². The van der Waals surface area contributed by atoms with Crippen LogP contribution in [0.2, 0.25) is 0 Å². The maximum Gasteiger partial charge on any atom is 0.303 e. The molecule has 1 saturated heterocycles. The lowest BCUT2D eigenvalue weighted by Gasteiger charge is -2.45. The van der Waals surface area contributed by atoms with Crippen molar-refractivity contribution in [2.75, 3.05) is 6.61 Å². The monoisotopic (exact) mass is 494 g/mol. The summed E-state index contributed by atoms with van der Waals surface area (Å²) in [6.07, 6.45) is -2.81. The van der Waals surface area contributed by atoms with E-state index in [9.17, 15) is 9.90 Å². The quantitative estimate of drug-likeness (QED) is 0.413. The molecule has 0 amide bonds. The van der Waals surface area contributed by atoms with Gasteiger partial charge in [-0.1, -0.05) is 90.6 Å². The average Bonchev–Trinajstić information content (AvgIpc) is 2.89. The molecule has 1 aliphatic rings. The Labute approximate surface area is 210 Å². The first-order valence-corrected chi connectivity index (χ1v) is 12.5. The third kappa shape index (κ3) is 7.16. The van der Waals surface area contributed by atoms with E-state index in [1.165, 1.54) is 18.7 Å². The fourth-order valence-electron chi connectivity index (χ4n) is 3.99. The van der Waals surface area contributed by atoms with Crippen LogP contribution in [0.5, 0.6) is 0 Å². The zero-order valence-corrected chi connectivity index (χ0v) is 20.4. The molecule has 5 atom stereocenters. The van der Waals surface area contributed by atoms with E-state index in [4.69, 9.17) is 18.9 Å². The minimum Gasteiger partial charge on any atom is -0.457 e. The Balaban J connectivity index is 1.63. The van der Waals surface area contributed by atoms with Gasteiger partial charge >= 0.3 is 5.97 Å². The standard InChI is InChI=1S/C28H30O6S/c1-20(30)33-25-24(17-29)34-28(35-23-15-9-4-10-16-23)27(32-19-22-13-7-3-8-14-22)26(25)31-18-21-11-5-2-6-12-21/h2-16,24-29H,17-19H2,1H3/t24-,25-,26+,27+,28-/m1/s1. The van der Waals surface area contributed by atoms with E-state index in [-0.39, 0.29) is 6.61 Å². The Bertz CT molecular complexity index is 1030. The van der Waals surface area contributed by atoms with Crippen molar-refractivity contribution in [1.29, 1.82) is 0 Å². The van der Waals surface area contributed by atoms with Crippen LogP contribution in [0.1, 0.15) is 18.1 Å². The summed E-state index contributed by atoms with van der Waals surface area (Å²) in [5.41, 5.74) is 1.49. The molecular weight excluding hydrogens is 464 g/mol. The summed E-state index contributed by atoms with van der Waals surface area (Å²) in [4.78, 5) is 13.0. The van der Waals surface area contributed by atoms with Gasteiger partial charge in [-0.15, -0.1) is 0 Å². The molecule has 0 radical (unpaired) electrons. The Kier molecular flexibility index (Phi) is 9.34. The number of hydrogen-bond donors (Lipinski definition) is 1. The number of aliphatic hydroxyl groups is 1. The molecule has 3 aromatic carbocycles. The molecule has 0 spiro atoms. The second kappa shape index (κ2) is 12.9. The van der Waals surface area contributed by atoms with Gasteiger partial charge < -0.3 is 24.1 Å². The van der Waals surface area contributed by atoms with Crippen LogP contribution < -0.4 is 0 Å². The van der Waals surface area contributed by atoms with E-state index < -0.39 is 35.8 Å². The first kappa shape index (κ1) is 25.4. The highest BCUT2D eigenvalue weighted by molar-refractivity contribution is 7.99. The molecule has 0 bridgehead atoms. The lowest BCUT2D eigenvalue weighted by molar-refractivity contribution is -0.245. The van der Waals surface area contributed by atoms with Crippen LogP contribution in [0.3, 0.4) is 0 Å². The summed E-state index contributed by atoms with van der Waals surface area (Å²) in [6.45, 7) is 1.66. The Morgan fingerprint density at radius 3 is 1.83 bits per heavy atom. The SMILES string of the molecule is CC(=O)O[C@H]1[C@H](OCc2ccccc2)[C@H](OCc2ccccc2)[C@@H](Sc2ccccc2)O[C@@H]1CO. The van der Waals surface area contributed by atoms with Gasteiger partial charge in [-0.05, 0) is 23.3 Å². The van der Waals surface area contributed by atoms with E-state index in [1.54, 1.807) is 0 Å². The number of thioether (sulfide) groups is 1. The molecule has 6 nitrogen and oxygen atoms in total.